The van der Waals surface area contributed by atoms with Crippen LogP contribution < -0.4 is 14.2 Å². The van der Waals surface area contributed by atoms with Gasteiger partial charge in [0, 0.05) is 17.3 Å². The molecule has 1 aromatic heterocycles. The fourth-order valence-electron chi connectivity index (χ4n) is 2.33. The molecule has 0 radical (unpaired) electrons. The van der Waals surface area contributed by atoms with Gasteiger partial charge in [-0.25, -0.2) is 8.42 Å². The number of hydrogen-bond acceptors (Lipinski definition) is 7. The Bertz CT molecular complexity index is 1030. The topological polar surface area (TPSA) is 104 Å². The van der Waals surface area contributed by atoms with E-state index in [-0.39, 0.29) is 10.6 Å². The Morgan fingerprint density at radius 3 is 2.54 bits per heavy atom. The number of anilines is 1. The summed E-state index contributed by atoms with van der Waals surface area (Å²) in [4.78, 5) is 4.11. The van der Waals surface area contributed by atoms with E-state index < -0.39 is 10.0 Å². The molecule has 1 heterocycles. The van der Waals surface area contributed by atoms with Crippen molar-refractivity contribution in [1.82, 2.24) is 10.1 Å². The number of benzene rings is 2. The summed E-state index contributed by atoms with van der Waals surface area (Å²) in [5.41, 5.74) is 0.951. The molecule has 0 spiro atoms. The number of rotatable bonds is 6. The molecule has 0 aliphatic carbocycles. The van der Waals surface area contributed by atoms with Crippen molar-refractivity contribution in [2.24, 2.45) is 0 Å². The number of aryl methyl sites for hydroxylation is 1. The summed E-state index contributed by atoms with van der Waals surface area (Å²) < 4.78 is 43.5. The van der Waals surface area contributed by atoms with Gasteiger partial charge in [0.25, 0.3) is 15.9 Å². The molecular weight excluding hydrogens is 358 g/mol. The van der Waals surface area contributed by atoms with Crippen LogP contribution >= 0.6 is 0 Å². The van der Waals surface area contributed by atoms with E-state index in [0.717, 1.165) is 0 Å². The summed E-state index contributed by atoms with van der Waals surface area (Å²) in [5.74, 6) is 1.41. The highest BCUT2D eigenvalue weighted by Gasteiger charge is 2.21. The Hall–Kier alpha value is -3.07. The van der Waals surface area contributed by atoms with Crippen LogP contribution in [0, 0.1) is 6.92 Å². The van der Waals surface area contributed by atoms with E-state index in [4.69, 9.17) is 14.0 Å². The van der Waals surface area contributed by atoms with Gasteiger partial charge in [-0.2, -0.15) is 4.98 Å². The van der Waals surface area contributed by atoms with Gasteiger partial charge in [-0.05, 0) is 37.3 Å². The molecule has 9 heteroatoms. The zero-order valence-electron chi connectivity index (χ0n) is 14.4. The van der Waals surface area contributed by atoms with Gasteiger partial charge >= 0.3 is 0 Å². The molecule has 26 heavy (non-hydrogen) atoms. The first kappa shape index (κ1) is 17.7. The molecular formula is C17H17N3O5S. The molecule has 3 rings (SSSR count). The summed E-state index contributed by atoms with van der Waals surface area (Å²) in [7, 11) is -1.04. The maximum atomic E-state index is 12.8. The molecule has 0 atom stereocenters. The van der Waals surface area contributed by atoms with Crippen molar-refractivity contribution in [3.63, 3.8) is 0 Å². The van der Waals surface area contributed by atoms with Crippen LogP contribution in [0.25, 0.3) is 11.5 Å². The van der Waals surface area contributed by atoms with Crippen LogP contribution in [0.15, 0.2) is 51.9 Å². The molecule has 0 bridgehead atoms. The van der Waals surface area contributed by atoms with Crippen LogP contribution in [0.4, 0.5) is 5.69 Å². The first-order chi connectivity index (χ1) is 12.4. The van der Waals surface area contributed by atoms with Crippen molar-refractivity contribution in [3.8, 4) is 23.0 Å². The second-order valence-corrected chi connectivity index (χ2v) is 7.00. The van der Waals surface area contributed by atoms with E-state index in [1.807, 2.05) is 0 Å². The lowest BCUT2D eigenvalue weighted by atomic mass is 10.2. The maximum absolute atomic E-state index is 12.8. The van der Waals surface area contributed by atoms with Crippen LogP contribution in [-0.2, 0) is 10.0 Å². The number of hydrogen-bond donors (Lipinski definition) is 1. The van der Waals surface area contributed by atoms with E-state index in [9.17, 15) is 8.42 Å². The molecule has 0 unspecified atom stereocenters. The summed E-state index contributed by atoms with van der Waals surface area (Å²) in [5, 5.41) is 3.73. The van der Waals surface area contributed by atoms with Crippen molar-refractivity contribution < 1.29 is 22.4 Å². The third-order valence-corrected chi connectivity index (χ3v) is 4.95. The predicted octanol–water partition coefficient (Wildman–Crippen LogP) is 2.86. The molecule has 2 aromatic carbocycles. The van der Waals surface area contributed by atoms with Crippen molar-refractivity contribution in [2.75, 3.05) is 18.9 Å². The minimum Gasteiger partial charge on any atom is -0.497 e. The predicted molar refractivity (Wildman–Crippen MR) is 94.8 cm³/mol. The molecule has 8 nitrogen and oxygen atoms in total. The van der Waals surface area contributed by atoms with Gasteiger partial charge in [-0.3, -0.25) is 4.72 Å². The second kappa shape index (κ2) is 7.04. The van der Waals surface area contributed by atoms with Crippen molar-refractivity contribution >= 4 is 15.7 Å². The van der Waals surface area contributed by atoms with Gasteiger partial charge in [-0.1, -0.05) is 11.2 Å². The number of aromatic nitrogens is 2. The van der Waals surface area contributed by atoms with Crippen LogP contribution in [0.5, 0.6) is 11.5 Å². The van der Waals surface area contributed by atoms with Gasteiger partial charge in [0.15, 0.2) is 5.82 Å². The number of nitrogens with one attached hydrogen (secondary N) is 1. The Kier molecular flexibility index (Phi) is 4.81. The third kappa shape index (κ3) is 3.62. The van der Waals surface area contributed by atoms with Crippen LogP contribution in [0.2, 0.25) is 0 Å². The SMILES string of the molecule is COc1ccc(OC)c(S(=O)(=O)Nc2cccc(-c3nc(C)no3)c2)c1. The highest BCUT2D eigenvalue weighted by Crippen LogP contribution is 2.30. The Morgan fingerprint density at radius 2 is 1.88 bits per heavy atom. The minimum absolute atomic E-state index is 0.0293. The first-order valence-electron chi connectivity index (χ1n) is 7.58. The molecule has 136 valence electrons. The van der Waals surface area contributed by atoms with E-state index in [0.29, 0.717) is 28.7 Å². The zero-order chi connectivity index (χ0) is 18.7. The van der Waals surface area contributed by atoms with Gasteiger partial charge < -0.3 is 14.0 Å². The standard InChI is InChI=1S/C17H17N3O5S/c1-11-18-17(25-19-11)12-5-4-6-13(9-12)20-26(21,22)16-10-14(23-2)7-8-15(16)24-3/h4-10,20H,1-3H3. The number of ether oxygens (including phenoxy) is 2. The van der Waals surface area contributed by atoms with Crippen LogP contribution in [0.1, 0.15) is 5.82 Å². The molecule has 0 aliphatic heterocycles. The average Bonchev–Trinajstić information content (AvgIpc) is 3.07. The van der Waals surface area contributed by atoms with E-state index in [1.54, 1.807) is 37.3 Å². The van der Waals surface area contributed by atoms with Crippen LogP contribution in [0.3, 0.4) is 0 Å². The number of nitrogens with zero attached hydrogens (tertiary/aromatic N) is 2. The van der Waals surface area contributed by atoms with Gasteiger partial charge in [0.1, 0.15) is 16.4 Å². The molecule has 0 aliphatic rings. The van der Waals surface area contributed by atoms with Crippen molar-refractivity contribution in [1.29, 1.82) is 0 Å². The maximum Gasteiger partial charge on any atom is 0.265 e. The van der Waals surface area contributed by atoms with E-state index in [2.05, 4.69) is 14.9 Å². The lowest BCUT2D eigenvalue weighted by molar-refractivity contribution is 0.392. The normalized spacial score (nSPS) is 11.2. The quantitative estimate of drug-likeness (QED) is 0.706. The highest BCUT2D eigenvalue weighted by molar-refractivity contribution is 7.92. The van der Waals surface area contributed by atoms with Gasteiger partial charge in [-0.15, -0.1) is 0 Å². The molecule has 3 aromatic rings. The summed E-state index contributed by atoms with van der Waals surface area (Å²) in [6.45, 7) is 1.70. The first-order valence-corrected chi connectivity index (χ1v) is 9.07. The Morgan fingerprint density at radius 1 is 1.08 bits per heavy atom. The fourth-order valence-corrected chi connectivity index (χ4v) is 3.57. The van der Waals surface area contributed by atoms with E-state index >= 15 is 0 Å². The van der Waals surface area contributed by atoms with Gasteiger partial charge in [0.05, 0.1) is 14.2 Å². The summed E-state index contributed by atoms with van der Waals surface area (Å²) >= 11 is 0. The molecule has 0 amide bonds. The number of sulfonamides is 1. The highest BCUT2D eigenvalue weighted by atomic mass is 32.2. The Labute approximate surface area is 150 Å². The minimum atomic E-state index is -3.90. The van der Waals surface area contributed by atoms with E-state index in [1.165, 1.54) is 26.4 Å². The third-order valence-electron chi connectivity index (χ3n) is 3.55. The summed E-state index contributed by atoms with van der Waals surface area (Å²) in [6, 6.07) is 11.2. The van der Waals surface area contributed by atoms with Crippen molar-refractivity contribution in [2.45, 2.75) is 11.8 Å². The molecule has 0 saturated carbocycles. The number of methoxy groups -OCH3 is 2. The lowest BCUT2D eigenvalue weighted by Crippen LogP contribution is -2.14. The zero-order valence-corrected chi connectivity index (χ0v) is 15.2. The monoisotopic (exact) mass is 375 g/mol. The summed E-state index contributed by atoms with van der Waals surface area (Å²) in [6.07, 6.45) is 0. The smallest absolute Gasteiger partial charge is 0.265 e. The molecule has 0 fully saturated rings. The van der Waals surface area contributed by atoms with Crippen LogP contribution in [-0.4, -0.2) is 32.8 Å². The van der Waals surface area contributed by atoms with Gasteiger partial charge in [0.2, 0.25) is 0 Å². The molecule has 0 saturated heterocycles. The average molecular weight is 375 g/mol. The second-order valence-electron chi connectivity index (χ2n) is 5.35. The molecule has 1 N–H and O–H groups in total. The lowest BCUT2D eigenvalue weighted by Gasteiger charge is -2.13. The largest absolute Gasteiger partial charge is 0.497 e. The Balaban J connectivity index is 1.95. The fraction of sp³-hybridized carbons (Fsp3) is 0.176. The van der Waals surface area contributed by atoms with Crippen molar-refractivity contribution in [3.05, 3.63) is 48.3 Å².